The van der Waals surface area contributed by atoms with Crippen molar-refractivity contribution in [1.82, 2.24) is 0 Å². The van der Waals surface area contributed by atoms with Crippen LogP contribution in [0.1, 0.15) is 48.9 Å². The number of carbonyl (C=O) groups excluding carboxylic acids is 1. The molecule has 3 aromatic rings. The van der Waals surface area contributed by atoms with Crippen molar-refractivity contribution in [2.24, 2.45) is 0 Å². The van der Waals surface area contributed by atoms with Crippen LogP contribution in [0.5, 0.6) is 5.75 Å². The van der Waals surface area contributed by atoms with E-state index in [0.29, 0.717) is 11.7 Å². The van der Waals surface area contributed by atoms with Crippen molar-refractivity contribution >= 4 is 21.6 Å². The molecule has 0 fully saturated rings. The fourth-order valence-corrected chi connectivity index (χ4v) is 5.10. The SMILES string of the molecule is CCc1ccc(N(C(=O)COc2ccc(C(C)C)c(C)c2)S(=O)(=O)c2ccc(C)cc2)cc1. The molecule has 0 radical (unpaired) electrons. The molecule has 0 atom stereocenters. The summed E-state index contributed by atoms with van der Waals surface area (Å²) in [4.78, 5) is 13.3. The van der Waals surface area contributed by atoms with Gasteiger partial charge in [0.15, 0.2) is 6.61 Å². The van der Waals surface area contributed by atoms with E-state index in [1.807, 2.05) is 51.1 Å². The number of hydrogen-bond donors (Lipinski definition) is 0. The topological polar surface area (TPSA) is 63.7 Å². The van der Waals surface area contributed by atoms with Crippen LogP contribution in [0, 0.1) is 13.8 Å². The van der Waals surface area contributed by atoms with Gasteiger partial charge in [-0.25, -0.2) is 8.42 Å². The third kappa shape index (κ3) is 5.63. The lowest BCUT2D eigenvalue weighted by Crippen LogP contribution is -2.40. The minimum Gasteiger partial charge on any atom is -0.484 e. The van der Waals surface area contributed by atoms with Crippen molar-refractivity contribution in [1.29, 1.82) is 0 Å². The highest BCUT2D eigenvalue weighted by molar-refractivity contribution is 7.93. The molecule has 6 heteroatoms. The van der Waals surface area contributed by atoms with Gasteiger partial charge in [-0.05, 0) is 79.3 Å². The van der Waals surface area contributed by atoms with Gasteiger partial charge in [0.1, 0.15) is 5.75 Å². The third-order valence-corrected chi connectivity index (χ3v) is 7.35. The van der Waals surface area contributed by atoms with Crippen LogP contribution in [-0.4, -0.2) is 20.9 Å². The lowest BCUT2D eigenvalue weighted by Gasteiger charge is -2.23. The summed E-state index contributed by atoms with van der Waals surface area (Å²) in [5, 5.41) is 0. The number of amides is 1. The number of ether oxygens (including phenoxy) is 1. The summed E-state index contributed by atoms with van der Waals surface area (Å²) in [5.41, 5.74) is 4.54. The summed E-state index contributed by atoms with van der Waals surface area (Å²) in [5.74, 6) is 0.242. The van der Waals surface area contributed by atoms with Gasteiger partial charge < -0.3 is 4.74 Å². The summed E-state index contributed by atoms with van der Waals surface area (Å²) in [7, 11) is -4.12. The number of carbonyl (C=O) groups is 1. The lowest BCUT2D eigenvalue weighted by atomic mass is 9.98. The van der Waals surface area contributed by atoms with Gasteiger partial charge >= 0.3 is 0 Å². The molecule has 0 aliphatic carbocycles. The summed E-state index contributed by atoms with van der Waals surface area (Å²) >= 11 is 0. The molecule has 0 saturated carbocycles. The standard InChI is InChI=1S/C27H31NO4S/c1-6-22-9-11-23(12-10-22)28(33(30,31)25-14-7-20(4)8-15-25)27(29)18-32-24-13-16-26(19(2)3)21(5)17-24/h7-17,19H,6,18H2,1-5H3. The second kappa shape index (κ2) is 10.2. The molecule has 0 spiro atoms. The average Bonchev–Trinajstić information content (AvgIpc) is 2.78. The largest absolute Gasteiger partial charge is 0.484 e. The first-order chi connectivity index (χ1) is 15.6. The van der Waals surface area contributed by atoms with Crippen LogP contribution < -0.4 is 9.04 Å². The van der Waals surface area contributed by atoms with E-state index >= 15 is 0 Å². The molecule has 0 bridgehead atoms. The van der Waals surface area contributed by atoms with Gasteiger partial charge in [-0.1, -0.05) is 56.7 Å². The maximum atomic E-state index is 13.5. The molecule has 0 N–H and O–H groups in total. The van der Waals surface area contributed by atoms with Gasteiger partial charge in [0.25, 0.3) is 15.9 Å². The van der Waals surface area contributed by atoms with Crippen LogP contribution in [0.15, 0.2) is 71.6 Å². The normalized spacial score (nSPS) is 11.5. The number of benzene rings is 3. The number of hydrogen-bond acceptors (Lipinski definition) is 4. The molecule has 0 unspecified atom stereocenters. The van der Waals surface area contributed by atoms with Crippen LogP contribution in [0.25, 0.3) is 0 Å². The van der Waals surface area contributed by atoms with E-state index in [0.717, 1.165) is 27.4 Å². The monoisotopic (exact) mass is 465 g/mol. The second-order valence-electron chi connectivity index (χ2n) is 8.46. The van der Waals surface area contributed by atoms with Crippen LogP contribution in [0.3, 0.4) is 0 Å². The number of sulfonamides is 1. The Morgan fingerprint density at radius 2 is 1.58 bits per heavy atom. The Labute approximate surface area is 197 Å². The Morgan fingerprint density at radius 1 is 0.939 bits per heavy atom. The van der Waals surface area contributed by atoms with E-state index in [9.17, 15) is 13.2 Å². The van der Waals surface area contributed by atoms with Gasteiger partial charge in [0.2, 0.25) is 0 Å². The zero-order valence-corrected chi connectivity index (χ0v) is 20.6. The van der Waals surface area contributed by atoms with Gasteiger partial charge in [-0.15, -0.1) is 0 Å². The average molecular weight is 466 g/mol. The Bertz CT molecular complexity index is 1210. The molecule has 0 saturated heterocycles. The van der Waals surface area contributed by atoms with Crippen molar-refractivity contribution in [2.75, 3.05) is 10.9 Å². The molecule has 3 aromatic carbocycles. The van der Waals surface area contributed by atoms with E-state index < -0.39 is 22.5 Å². The molecule has 0 aliphatic rings. The maximum absolute atomic E-state index is 13.5. The fourth-order valence-electron chi connectivity index (χ4n) is 3.69. The first kappa shape index (κ1) is 24.5. The minimum absolute atomic E-state index is 0.0538. The van der Waals surface area contributed by atoms with E-state index in [1.165, 1.54) is 17.7 Å². The lowest BCUT2D eigenvalue weighted by molar-refractivity contribution is -0.119. The first-order valence-electron chi connectivity index (χ1n) is 11.1. The quantitative estimate of drug-likeness (QED) is 0.422. The summed E-state index contributed by atoms with van der Waals surface area (Å²) in [6.07, 6.45) is 0.813. The Balaban J connectivity index is 1.92. The van der Waals surface area contributed by atoms with Gasteiger partial charge in [-0.2, -0.15) is 4.31 Å². The third-order valence-electron chi connectivity index (χ3n) is 5.59. The van der Waals surface area contributed by atoms with Crippen molar-refractivity contribution in [3.8, 4) is 5.75 Å². The molecule has 174 valence electrons. The highest BCUT2D eigenvalue weighted by Gasteiger charge is 2.31. The molecular weight excluding hydrogens is 434 g/mol. The fraction of sp³-hybridized carbons (Fsp3) is 0.296. The van der Waals surface area contributed by atoms with Gasteiger partial charge in [0, 0.05) is 0 Å². The van der Waals surface area contributed by atoms with Crippen LogP contribution in [0.2, 0.25) is 0 Å². The summed E-state index contributed by atoms with van der Waals surface area (Å²) in [6, 6.07) is 19.1. The molecule has 5 nitrogen and oxygen atoms in total. The van der Waals surface area contributed by atoms with Crippen molar-refractivity contribution < 1.29 is 17.9 Å². The van der Waals surface area contributed by atoms with E-state index in [4.69, 9.17) is 4.74 Å². The summed E-state index contributed by atoms with van der Waals surface area (Å²) < 4.78 is 33.5. The number of nitrogens with zero attached hydrogens (tertiary/aromatic N) is 1. The smallest absolute Gasteiger partial charge is 0.278 e. The number of anilines is 1. The van der Waals surface area contributed by atoms with Gasteiger partial charge in [-0.3, -0.25) is 4.79 Å². The second-order valence-corrected chi connectivity index (χ2v) is 10.2. The zero-order chi connectivity index (χ0) is 24.2. The molecule has 3 rings (SSSR count). The van der Waals surface area contributed by atoms with Gasteiger partial charge in [0.05, 0.1) is 10.6 Å². The van der Waals surface area contributed by atoms with E-state index in [-0.39, 0.29) is 10.6 Å². The highest BCUT2D eigenvalue weighted by atomic mass is 32.2. The maximum Gasteiger partial charge on any atom is 0.278 e. The van der Waals surface area contributed by atoms with Crippen LogP contribution in [0.4, 0.5) is 5.69 Å². The zero-order valence-electron chi connectivity index (χ0n) is 19.8. The molecule has 0 aliphatic heterocycles. The Kier molecular flexibility index (Phi) is 7.59. The predicted octanol–water partition coefficient (Wildman–Crippen LogP) is 5.79. The molecule has 0 aromatic heterocycles. The summed E-state index contributed by atoms with van der Waals surface area (Å²) in [6.45, 7) is 9.72. The van der Waals surface area contributed by atoms with Crippen molar-refractivity contribution in [3.63, 3.8) is 0 Å². The van der Waals surface area contributed by atoms with Crippen molar-refractivity contribution in [2.45, 2.75) is 51.9 Å². The first-order valence-corrected chi connectivity index (χ1v) is 12.5. The van der Waals surface area contributed by atoms with Crippen molar-refractivity contribution in [3.05, 3.63) is 89.0 Å². The number of aryl methyl sites for hydroxylation is 3. The Hall–Kier alpha value is -3.12. The minimum atomic E-state index is -4.12. The van der Waals surface area contributed by atoms with Crippen LogP contribution >= 0.6 is 0 Å². The molecular formula is C27H31NO4S. The highest BCUT2D eigenvalue weighted by Crippen LogP contribution is 2.27. The molecule has 0 heterocycles. The Morgan fingerprint density at radius 3 is 2.12 bits per heavy atom. The van der Waals surface area contributed by atoms with E-state index in [1.54, 1.807) is 24.3 Å². The molecule has 1 amide bonds. The number of rotatable bonds is 8. The van der Waals surface area contributed by atoms with Crippen LogP contribution in [-0.2, 0) is 21.2 Å². The molecule has 33 heavy (non-hydrogen) atoms. The predicted molar refractivity (Wildman–Crippen MR) is 132 cm³/mol. The van der Waals surface area contributed by atoms with E-state index in [2.05, 4.69) is 13.8 Å².